The quantitative estimate of drug-likeness (QED) is 0.585. The van der Waals surface area contributed by atoms with Crippen LogP contribution >= 0.6 is 0 Å². The molecule has 7 nitrogen and oxygen atoms in total. The second kappa shape index (κ2) is 9.00. The van der Waals surface area contributed by atoms with E-state index in [-0.39, 0.29) is 25.4 Å². The highest BCUT2D eigenvalue weighted by Crippen LogP contribution is 2.44. The number of amides is 2. The maximum atomic E-state index is 13.0. The topological polar surface area (TPSA) is 105 Å². The molecule has 0 spiro atoms. The number of carbonyl (C=O) groups is 3. The van der Waals surface area contributed by atoms with Crippen molar-refractivity contribution < 1.29 is 37.4 Å². The van der Waals surface area contributed by atoms with Crippen LogP contribution in [0.5, 0.6) is 0 Å². The minimum absolute atomic E-state index is 0.0299. The molecule has 1 atom stereocenters. The smallest absolute Gasteiger partial charge is 0.419 e. The van der Waals surface area contributed by atoms with Gasteiger partial charge in [-0.15, -0.1) is 0 Å². The number of carboxylic acids is 1. The van der Waals surface area contributed by atoms with E-state index in [1.54, 1.807) is 0 Å². The molecule has 0 heterocycles. The Balaban J connectivity index is 1.46. The van der Waals surface area contributed by atoms with Crippen LogP contribution < -0.4 is 10.6 Å². The van der Waals surface area contributed by atoms with E-state index in [1.165, 1.54) is 5.32 Å². The molecule has 180 valence electrons. The number of hydrogen-bond acceptors (Lipinski definition) is 4. The van der Waals surface area contributed by atoms with Crippen molar-refractivity contribution in [1.29, 1.82) is 0 Å². The molecule has 0 aliphatic heterocycles. The number of alkyl halides is 3. The summed E-state index contributed by atoms with van der Waals surface area (Å²) in [5.41, 5.74) is 2.37. The van der Waals surface area contributed by atoms with Crippen molar-refractivity contribution in [3.63, 3.8) is 0 Å². The largest absolute Gasteiger partial charge is 0.479 e. The van der Waals surface area contributed by atoms with E-state index < -0.39 is 35.7 Å². The van der Waals surface area contributed by atoms with Gasteiger partial charge in [-0.3, -0.25) is 4.79 Å². The summed E-state index contributed by atoms with van der Waals surface area (Å²) in [4.78, 5) is 36.4. The van der Waals surface area contributed by atoms with Crippen LogP contribution in [0.3, 0.4) is 0 Å². The lowest BCUT2D eigenvalue weighted by Gasteiger charge is -2.30. The number of alkyl carbamates (subject to hydrolysis) is 1. The minimum Gasteiger partial charge on any atom is -0.479 e. The highest BCUT2D eigenvalue weighted by Gasteiger charge is 2.51. The van der Waals surface area contributed by atoms with Crippen molar-refractivity contribution >= 4 is 18.0 Å². The summed E-state index contributed by atoms with van der Waals surface area (Å²) in [5, 5.41) is 12.8. The average Bonchev–Trinajstić information content (AvgIpc) is 3.38. The SMILES string of the molecule is O=C(NC1(C(=O)NC(C(=O)O)C(F)(F)F)CCCC1)OCC1c2ccccc2-c2ccccc21. The lowest BCUT2D eigenvalue weighted by atomic mass is 9.96. The molecule has 2 aromatic carbocycles. The summed E-state index contributed by atoms with van der Waals surface area (Å²) >= 11 is 0. The van der Waals surface area contributed by atoms with Crippen LogP contribution in [0.1, 0.15) is 42.7 Å². The Bertz CT molecular complexity index is 1070. The summed E-state index contributed by atoms with van der Waals surface area (Å²) in [6.07, 6.45) is -4.99. The Morgan fingerprint density at radius 1 is 1.00 bits per heavy atom. The molecule has 0 aromatic heterocycles. The molecule has 3 N–H and O–H groups in total. The molecule has 34 heavy (non-hydrogen) atoms. The highest BCUT2D eigenvalue weighted by molar-refractivity contribution is 5.93. The molecular weight excluding hydrogens is 453 g/mol. The number of carboxylic acid groups (broad SMARTS) is 1. The van der Waals surface area contributed by atoms with Gasteiger partial charge < -0.3 is 20.5 Å². The number of aliphatic carboxylic acids is 1. The van der Waals surface area contributed by atoms with Crippen molar-refractivity contribution in [3.8, 4) is 11.1 Å². The highest BCUT2D eigenvalue weighted by atomic mass is 19.4. The monoisotopic (exact) mass is 476 g/mol. The molecule has 1 saturated carbocycles. The van der Waals surface area contributed by atoms with Gasteiger partial charge in [-0.05, 0) is 35.1 Å². The molecule has 2 aliphatic rings. The van der Waals surface area contributed by atoms with Crippen LogP contribution in [0.15, 0.2) is 48.5 Å². The third-order valence-electron chi connectivity index (χ3n) is 6.43. The first-order valence-electron chi connectivity index (χ1n) is 10.9. The number of halogens is 3. The zero-order valence-corrected chi connectivity index (χ0v) is 18.0. The fourth-order valence-corrected chi connectivity index (χ4v) is 4.77. The lowest BCUT2D eigenvalue weighted by molar-refractivity contribution is -0.182. The first-order valence-corrected chi connectivity index (χ1v) is 10.9. The summed E-state index contributed by atoms with van der Waals surface area (Å²) in [7, 11) is 0. The number of hydrogen-bond donors (Lipinski definition) is 3. The Morgan fingerprint density at radius 2 is 1.53 bits per heavy atom. The summed E-state index contributed by atoms with van der Waals surface area (Å²) < 4.78 is 44.5. The van der Waals surface area contributed by atoms with Gasteiger partial charge in [0.1, 0.15) is 12.1 Å². The average molecular weight is 476 g/mol. The minimum atomic E-state index is -5.18. The van der Waals surface area contributed by atoms with Gasteiger partial charge in [0.25, 0.3) is 0 Å². The Labute approximate surface area is 193 Å². The summed E-state index contributed by atoms with van der Waals surface area (Å²) in [6.45, 7) is -0.0299. The van der Waals surface area contributed by atoms with Gasteiger partial charge in [0.2, 0.25) is 11.9 Å². The van der Waals surface area contributed by atoms with Gasteiger partial charge in [-0.1, -0.05) is 61.4 Å². The van der Waals surface area contributed by atoms with Gasteiger partial charge in [0, 0.05) is 5.92 Å². The zero-order valence-electron chi connectivity index (χ0n) is 18.0. The van der Waals surface area contributed by atoms with E-state index in [0.717, 1.165) is 22.3 Å². The van der Waals surface area contributed by atoms with E-state index in [4.69, 9.17) is 9.84 Å². The van der Waals surface area contributed by atoms with Crippen LogP contribution in [0, 0.1) is 0 Å². The second-order valence-corrected chi connectivity index (χ2v) is 8.53. The molecule has 2 aliphatic carbocycles. The van der Waals surface area contributed by atoms with Crippen molar-refractivity contribution in [1.82, 2.24) is 10.6 Å². The first kappa shape index (κ1) is 23.6. The van der Waals surface area contributed by atoms with Gasteiger partial charge in [0.15, 0.2) is 0 Å². The van der Waals surface area contributed by atoms with E-state index in [0.29, 0.717) is 12.8 Å². The molecule has 0 saturated heterocycles. The van der Waals surface area contributed by atoms with Crippen LogP contribution in [-0.2, 0) is 14.3 Å². The number of rotatable bonds is 6. The molecule has 4 rings (SSSR count). The molecule has 1 unspecified atom stereocenters. The standard InChI is InChI=1S/C24H23F3N2O5/c25-24(26,27)19(20(30)31)28-21(32)23(11-5-6-12-23)29-22(33)34-13-18-16-9-3-1-7-14(16)15-8-2-4-10-17(15)18/h1-4,7-10,18-19H,5-6,11-13H2,(H,28,32)(H,29,33)(H,30,31). The molecule has 2 amide bonds. The first-order chi connectivity index (χ1) is 16.1. The molecular formula is C24H23F3N2O5. The van der Waals surface area contributed by atoms with E-state index in [2.05, 4.69) is 5.32 Å². The molecule has 0 bridgehead atoms. The maximum Gasteiger partial charge on any atom is 0.419 e. The third kappa shape index (κ3) is 4.44. The van der Waals surface area contributed by atoms with Crippen LogP contribution in [0.25, 0.3) is 11.1 Å². The van der Waals surface area contributed by atoms with E-state index in [9.17, 15) is 27.6 Å². The van der Waals surface area contributed by atoms with E-state index in [1.807, 2.05) is 48.5 Å². The molecule has 2 aromatic rings. The van der Waals surface area contributed by atoms with Crippen LogP contribution in [0.4, 0.5) is 18.0 Å². The fourth-order valence-electron chi connectivity index (χ4n) is 4.77. The number of carbonyl (C=O) groups excluding carboxylic acids is 2. The molecule has 10 heteroatoms. The maximum absolute atomic E-state index is 13.0. The third-order valence-corrected chi connectivity index (χ3v) is 6.43. The number of fused-ring (bicyclic) bond motifs is 3. The second-order valence-electron chi connectivity index (χ2n) is 8.53. The zero-order chi connectivity index (χ0) is 24.5. The predicted octanol–water partition coefficient (Wildman–Crippen LogP) is 3.97. The fraction of sp³-hybridized carbons (Fsp3) is 0.375. The Hall–Kier alpha value is -3.56. The number of nitrogens with one attached hydrogen (secondary N) is 2. The Morgan fingerprint density at radius 3 is 2.03 bits per heavy atom. The van der Waals surface area contributed by atoms with Gasteiger partial charge >= 0.3 is 18.2 Å². The van der Waals surface area contributed by atoms with E-state index >= 15 is 0 Å². The molecule has 1 fully saturated rings. The van der Waals surface area contributed by atoms with Gasteiger partial charge in [-0.2, -0.15) is 13.2 Å². The number of benzene rings is 2. The van der Waals surface area contributed by atoms with Crippen molar-refractivity contribution in [2.75, 3.05) is 6.61 Å². The Kier molecular flexibility index (Phi) is 6.24. The summed E-state index contributed by atoms with van der Waals surface area (Å²) in [6, 6.07) is 12.4. The van der Waals surface area contributed by atoms with Gasteiger partial charge in [0.05, 0.1) is 0 Å². The van der Waals surface area contributed by atoms with Crippen LogP contribution in [0.2, 0.25) is 0 Å². The lowest BCUT2D eigenvalue weighted by Crippen LogP contribution is -2.62. The number of ether oxygens (including phenoxy) is 1. The van der Waals surface area contributed by atoms with Crippen molar-refractivity contribution in [2.24, 2.45) is 0 Å². The predicted molar refractivity (Wildman–Crippen MR) is 115 cm³/mol. The van der Waals surface area contributed by atoms with Crippen molar-refractivity contribution in [3.05, 3.63) is 59.7 Å². The van der Waals surface area contributed by atoms with Crippen molar-refractivity contribution in [2.45, 2.75) is 49.4 Å². The summed E-state index contributed by atoms with van der Waals surface area (Å²) in [5.74, 6) is -3.65. The normalized spacial score (nSPS) is 17.4. The van der Waals surface area contributed by atoms with Crippen LogP contribution in [-0.4, -0.2) is 47.4 Å². The van der Waals surface area contributed by atoms with Gasteiger partial charge in [-0.25, -0.2) is 9.59 Å². The molecule has 0 radical (unpaired) electrons.